The minimum absolute atomic E-state index is 0.130. The lowest BCUT2D eigenvalue weighted by Gasteiger charge is -2.25. The van der Waals surface area contributed by atoms with Crippen molar-refractivity contribution < 1.29 is 4.79 Å². The first kappa shape index (κ1) is 13.1. The number of hydrogen-bond donors (Lipinski definition) is 2. The molecule has 0 spiro atoms. The van der Waals surface area contributed by atoms with Crippen LogP contribution in [-0.4, -0.2) is 25.5 Å². The van der Waals surface area contributed by atoms with Crippen LogP contribution >= 0.6 is 0 Å². The lowest BCUT2D eigenvalue weighted by Crippen LogP contribution is -2.35. The molecule has 1 amide bonds. The Morgan fingerprint density at radius 1 is 1.33 bits per heavy atom. The summed E-state index contributed by atoms with van der Waals surface area (Å²) in [5.74, 6) is 0.130. The number of carbonyl (C=O) groups is 1. The van der Waals surface area contributed by atoms with Crippen molar-refractivity contribution in [3.8, 4) is 0 Å². The van der Waals surface area contributed by atoms with Gasteiger partial charge in [0.1, 0.15) is 0 Å². The lowest BCUT2D eigenvalue weighted by atomic mass is 9.88. The van der Waals surface area contributed by atoms with Gasteiger partial charge < -0.3 is 10.6 Å². The van der Waals surface area contributed by atoms with E-state index in [1.54, 1.807) is 7.05 Å². The van der Waals surface area contributed by atoms with Crippen LogP contribution in [0.3, 0.4) is 0 Å². The van der Waals surface area contributed by atoms with E-state index in [2.05, 4.69) is 34.9 Å². The predicted octanol–water partition coefficient (Wildman–Crippen LogP) is 1.66. The number of benzene rings is 1. The van der Waals surface area contributed by atoms with Crippen molar-refractivity contribution in [3.63, 3.8) is 0 Å². The summed E-state index contributed by atoms with van der Waals surface area (Å²) in [4.78, 5) is 11.1. The number of hydrogen-bond acceptors (Lipinski definition) is 2. The monoisotopic (exact) mass is 246 g/mol. The van der Waals surface area contributed by atoms with Crippen LogP contribution in [0.1, 0.15) is 30.4 Å². The molecule has 18 heavy (non-hydrogen) atoms. The minimum Gasteiger partial charge on any atom is -0.359 e. The number of nitrogens with one attached hydrogen (secondary N) is 2. The molecule has 2 N–H and O–H groups in total. The summed E-state index contributed by atoms with van der Waals surface area (Å²) in [6.07, 6.45) is 5.03. The van der Waals surface area contributed by atoms with Crippen molar-refractivity contribution >= 4 is 5.91 Å². The molecule has 0 saturated heterocycles. The Morgan fingerprint density at radius 3 is 2.89 bits per heavy atom. The third-order valence-electron chi connectivity index (χ3n) is 3.64. The highest BCUT2D eigenvalue weighted by Gasteiger charge is 2.17. The smallest absolute Gasteiger partial charge is 0.219 e. The molecule has 0 radical (unpaired) electrons. The summed E-state index contributed by atoms with van der Waals surface area (Å²) < 4.78 is 0. The first-order chi connectivity index (χ1) is 8.79. The van der Waals surface area contributed by atoms with Gasteiger partial charge in [-0.05, 0) is 43.4 Å². The van der Waals surface area contributed by atoms with Gasteiger partial charge in [-0.15, -0.1) is 0 Å². The highest BCUT2D eigenvalue weighted by molar-refractivity contribution is 5.75. The second-order valence-electron chi connectivity index (χ2n) is 4.94. The second kappa shape index (κ2) is 6.55. The molecule has 1 aromatic carbocycles. The molecule has 0 saturated carbocycles. The molecule has 3 nitrogen and oxygen atoms in total. The maximum absolute atomic E-state index is 11.1. The molecule has 1 aliphatic carbocycles. The third kappa shape index (κ3) is 3.57. The van der Waals surface area contributed by atoms with Crippen LogP contribution in [0.5, 0.6) is 0 Å². The summed E-state index contributed by atoms with van der Waals surface area (Å²) in [6, 6.07) is 9.28. The molecule has 0 heterocycles. The van der Waals surface area contributed by atoms with E-state index in [1.807, 2.05) is 0 Å². The van der Waals surface area contributed by atoms with E-state index in [-0.39, 0.29) is 5.91 Å². The SMILES string of the molecule is CNC(=O)CCCNC1CCc2ccccc2C1. The van der Waals surface area contributed by atoms with Crippen LogP contribution < -0.4 is 10.6 Å². The van der Waals surface area contributed by atoms with Gasteiger partial charge in [-0.25, -0.2) is 0 Å². The van der Waals surface area contributed by atoms with Gasteiger partial charge in [0.2, 0.25) is 5.91 Å². The fourth-order valence-electron chi connectivity index (χ4n) is 2.55. The van der Waals surface area contributed by atoms with Crippen LogP contribution in [0.4, 0.5) is 0 Å². The van der Waals surface area contributed by atoms with Crippen molar-refractivity contribution in [2.24, 2.45) is 0 Å². The Hall–Kier alpha value is -1.35. The summed E-state index contributed by atoms with van der Waals surface area (Å²) >= 11 is 0. The molecule has 98 valence electrons. The molecule has 1 aromatic rings. The van der Waals surface area contributed by atoms with Crippen molar-refractivity contribution in [1.82, 2.24) is 10.6 Å². The molecule has 1 unspecified atom stereocenters. The first-order valence-electron chi connectivity index (χ1n) is 6.80. The van der Waals surface area contributed by atoms with Gasteiger partial charge >= 0.3 is 0 Å². The maximum atomic E-state index is 11.1. The Labute approximate surface area is 109 Å². The number of rotatable bonds is 5. The van der Waals surface area contributed by atoms with E-state index in [1.165, 1.54) is 24.0 Å². The molecule has 2 rings (SSSR count). The Morgan fingerprint density at radius 2 is 2.11 bits per heavy atom. The summed E-state index contributed by atoms with van der Waals surface area (Å²) in [6.45, 7) is 0.931. The molecule has 0 aromatic heterocycles. The summed E-state index contributed by atoms with van der Waals surface area (Å²) in [5, 5.41) is 6.21. The van der Waals surface area contributed by atoms with Gasteiger partial charge in [-0.1, -0.05) is 24.3 Å². The Kier molecular flexibility index (Phi) is 4.76. The topological polar surface area (TPSA) is 41.1 Å². The van der Waals surface area contributed by atoms with Gasteiger partial charge in [0.05, 0.1) is 0 Å². The molecular weight excluding hydrogens is 224 g/mol. The number of carbonyl (C=O) groups excluding carboxylic acids is 1. The second-order valence-corrected chi connectivity index (χ2v) is 4.94. The lowest BCUT2D eigenvalue weighted by molar-refractivity contribution is -0.120. The van der Waals surface area contributed by atoms with Crippen molar-refractivity contribution in [3.05, 3.63) is 35.4 Å². The van der Waals surface area contributed by atoms with Crippen molar-refractivity contribution in [2.75, 3.05) is 13.6 Å². The molecular formula is C15H22N2O. The number of fused-ring (bicyclic) bond motifs is 1. The van der Waals surface area contributed by atoms with Gasteiger partial charge in [-0.2, -0.15) is 0 Å². The molecule has 0 bridgehead atoms. The van der Waals surface area contributed by atoms with E-state index in [0.29, 0.717) is 12.5 Å². The number of amides is 1. The maximum Gasteiger partial charge on any atom is 0.219 e. The fourth-order valence-corrected chi connectivity index (χ4v) is 2.55. The zero-order valence-corrected chi connectivity index (χ0v) is 11.0. The van der Waals surface area contributed by atoms with Gasteiger partial charge in [0, 0.05) is 19.5 Å². The van der Waals surface area contributed by atoms with Crippen LogP contribution in [0, 0.1) is 0 Å². The first-order valence-corrected chi connectivity index (χ1v) is 6.80. The average Bonchev–Trinajstić information content (AvgIpc) is 2.43. The van der Waals surface area contributed by atoms with Crippen LogP contribution in [-0.2, 0) is 17.6 Å². The van der Waals surface area contributed by atoms with Gasteiger partial charge in [0.25, 0.3) is 0 Å². The van der Waals surface area contributed by atoms with E-state index in [9.17, 15) is 4.79 Å². The Bertz CT molecular complexity index is 403. The highest BCUT2D eigenvalue weighted by atomic mass is 16.1. The number of aryl methyl sites for hydroxylation is 1. The fraction of sp³-hybridized carbons (Fsp3) is 0.533. The van der Waals surface area contributed by atoms with Crippen molar-refractivity contribution in [2.45, 2.75) is 38.1 Å². The van der Waals surface area contributed by atoms with Crippen molar-refractivity contribution in [1.29, 1.82) is 0 Å². The molecule has 3 heteroatoms. The van der Waals surface area contributed by atoms with Crippen LogP contribution in [0.25, 0.3) is 0 Å². The van der Waals surface area contributed by atoms with Crippen LogP contribution in [0.2, 0.25) is 0 Å². The summed E-state index contributed by atoms with van der Waals surface area (Å²) in [7, 11) is 1.69. The molecule has 0 aliphatic heterocycles. The molecule has 1 atom stereocenters. The minimum atomic E-state index is 0.130. The zero-order chi connectivity index (χ0) is 12.8. The quantitative estimate of drug-likeness (QED) is 0.776. The van der Waals surface area contributed by atoms with Crippen LogP contribution in [0.15, 0.2) is 24.3 Å². The van der Waals surface area contributed by atoms with E-state index in [4.69, 9.17) is 0 Å². The molecule has 0 fully saturated rings. The zero-order valence-electron chi connectivity index (χ0n) is 11.0. The molecule has 1 aliphatic rings. The normalized spacial score (nSPS) is 18.2. The van der Waals surface area contributed by atoms with Gasteiger partial charge in [0.15, 0.2) is 0 Å². The van der Waals surface area contributed by atoms with Gasteiger partial charge in [-0.3, -0.25) is 4.79 Å². The predicted molar refractivity (Wildman–Crippen MR) is 73.6 cm³/mol. The highest BCUT2D eigenvalue weighted by Crippen LogP contribution is 2.20. The van der Waals surface area contributed by atoms with E-state index in [0.717, 1.165) is 19.4 Å². The summed E-state index contributed by atoms with van der Waals surface area (Å²) in [5.41, 5.74) is 2.98. The third-order valence-corrected chi connectivity index (χ3v) is 3.64. The largest absolute Gasteiger partial charge is 0.359 e. The standard InChI is InChI=1S/C15H22N2O/c1-16-15(18)7-4-10-17-14-9-8-12-5-2-3-6-13(12)11-14/h2-3,5-6,14,17H,4,7-11H2,1H3,(H,16,18). The Balaban J connectivity index is 1.72. The van der Waals surface area contributed by atoms with E-state index < -0.39 is 0 Å². The average molecular weight is 246 g/mol. The van der Waals surface area contributed by atoms with E-state index >= 15 is 0 Å².